The lowest BCUT2D eigenvalue weighted by atomic mass is 10.1. The summed E-state index contributed by atoms with van der Waals surface area (Å²) in [6.45, 7) is 3.03. The molecule has 0 aliphatic carbocycles. The van der Waals surface area contributed by atoms with Crippen LogP contribution in [0.1, 0.15) is 18.9 Å². The summed E-state index contributed by atoms with van der Waals surface area (Å²) in [7, 11) is 0. The largest absolute Gasteiger partial charge is 0.396 e. The fourth-order valence-corrected chi connectivity index (χ4v) is 1.26. The highest BCUT2D eigenvalue weighted by Crippen LogP contribution is 2.10. The number of hydrogen-bond donors (Lipinski definition) is 2. The van der Waals surface area contributed by atoms with E-state index >= 15 is 0 Å². The topological polar surface area (TPSA) is 56.0 Å². The first kappa shape index (κ1) is 11.5. The second kappa shape index (κ2) is 6.05. The van der Waals surface area contributed by atoms with Gasteiger partial charge in [-0.3, -0.25) is 0 Å². The van der Waals surface area contributed by atoms with Crippen LogP contribution in [0.25, 0.3) is 0 Å². The van der Waals surface area contributed by atoms with E-state index in [9.17, 15) is 0 Å². The molecule has 0 aliphatic rings. The first-order chi connectivity index (χ1) is 7.30. The van der Waals surface area contributed by atoms with Gasteiger partial charge in [0.05, 0.1) is 11.6 Å². The quantitative estimate of drug-likeness (QED) is 0.771. The van der Waals surface area contributed by atoms with E-state index in [0.717, 1.165) is 18.7 Å². The third-order valence-corrected chi connectivity index (χ3v) is 2.44. The van der Waals surface area contributed by atoms with Crippen LogP contribution in [0.4, 0.5) is 5.69 Å². The molecule has 15 heavy (non-hydrogen) atoms. The van der Waals surface area contributed by atoms with Gasteiger partial charge in [-0.15, -0.1) is 0 Å². The minimum absolute atomic E-state index is 0.208. The van der Waals surface area contributed by atoms with Gasteiger partial charge >= 0.3 is 0 Å². The molecule has 0 saturated heterocycles. The van der Waals surface area contributed by atoms with Crippen LogP contribution in [0, 0.1) is 17.2 Å². The molecule has 0 amide bonds. The lowest BCUT2D eigenvalue weighted by molar-refractivity contribution is 0.230. The number of benzene rings is 1. The smallest absolute Gasteiger partial charge is 0.0991 e. The number of anilines is 1. The highest BCUT2D eigenvalue weighted by molar-refractivity contribution is 5.47. The van der Waals surface area contributed by atoms with Crippen LogP contribution < -0.4 is 5.32 Å². The molecule has 0 radical (unpaired) electrons. The molecule has 1 atom stereocenters. The number of nitriles is 1. The summed E-state index contributed by atoms with van der Waals surface area (Å²) in [5.74, 6) is 0.292. The first-order valence-corrected chi connectivity index (χ1v) is 5.15. The van der Waals surface area contributed by atoms with Crippen LogP contribution in [0.3, 0.4) is 0 Å². The summed E-state index contributed by atoms with van der Waals surface area (Å²) in [5.41, 5.74) is 1.65. The molecule has 3 heteroatoms. The second-order valence-electron chi connectivity index (χ2n) is 3.53. The van der Waals surface area contributed by atoms with Crippen LogP contribution in [-0.4, -0.2) is 18.3 Å². The minimum atomic E-state index is 0.208. The van der Waals surface area contributed by atoms with E-state index in [1.807, 2.05) is 12.1 Å². The van der Waals surface area contributed by atoms with E-state index in [1.54, 1.807) is 12.1 Å². The summed E-state index contributed by atoms with van der Waals surface area (Å²) in [4.78, 5) is 0. The van der Waals surface area contributed by atoms with E-state index in [0.29, 0.717) is 11.5 Å². The Morgan fingerprint density at radius 2 is 2.07 bits per heavy atom. The monoisotopic (exact) mass is 204 g/mol. The van der Waals surface area contributed by atoms with Crippen molar-refractivity contribution in [2.75, 3.05) is 18.5 Å². The molecule has 0 spiro atoms. The molecule has 2 N–H and O–H groups in total. The normalized spacial score (nSPS) is 11.8. The van der Waals surface area contributed by atoms with E-state index in [2.05, 4.69) is 18.3 Å². The van der Waals surface area contributed by atoms with Gasteiger partial charge in [0.1, 0.15) is 0 Å². The van der Waals surface area contributed by atoms with Crippen LogP contribution in [0.2, 0.25) is 0 Å². The Bertz CT molecular complexity index is 322. The zero-order chi connectivity index (χ0) is 11.1. The summed E-state index contributed by atoms with van der Waals surface area (Å²) in [6, 6.07) is 9.39. The maximum absolute atomic E-state index is 9.00. The Balaban J connectivity index is 2.48. The molecule has 0 heterocycles. The van der Waals surface area contributed by atoms with Gasteiger partial charge in [0.15, 0.2) is 0 Å². The molecule has 1 unspecified atom stereocenters. The van der Waals surface area contributed by atoms with Gasteiger partial charge in [-0.2, -0.15) is 5.26 Å². The number of nitrogens with zero attached hydrogens (tertiary/aromatic N) is 1. The summed E-state index contributed by atoms with van der Waals surface area (Å²) in [6.07, 6.45) is 0.958. The predicted molar refractivity (Wildman–Crippen MR) is 60.5 cm³/mol. The highest BCUT2D eigenvalue weighted by atomic mass is 16.3. The maximum Gasteiger partial charge on any atom is 0.0991 e. The van der Waals surface area contributed by atoms with Crippen molar-refractivity contribution in [1.29, 1.82) is 5.26 Å². The third-order valence-electron chi connectivity index (χ3n) is 2.44. The molecule has 80 valence electrons. The summed E-state index contributed by atoms with van der Waals surface area (Å²) < 4.78 is 0. The average Bonchev–Trinajstić information content (AvgIpc) is 2.31. The van der Waals surface area contributed by atoms with Crippen LogP contribution >= 0.6 is 0 Å². The van der Waals surface area contributed by atoms with Crippen molar-refractivity contribution >= 4 is 5.69 Å². The van der Waals surface area contributed by atoms with Gasteiger partial charge in [0.25, 0.3) is 0 Å². The molecule has 1 aromatic carbocycles. The second-order valence-corrected chi connectivity index (χ2v) is 3.53. The number of aliphatic hydroxyl groups is 1. The van der Waals surface area contributed by atoms with Crippen molar-refractivity contribution in [3.05, 3.63) is 29.8 Å². The third kappa shape index (κ3) is 3.61. The predicted octanol–water partition coefficient (Wildman–Crippen LogP) is 1.99. The Morgan fingerprint density at radius 3 is 2.53 bits per heavy atom. The SMILES string of the molecule is CCC(CO)CNc1ccc(C#N)cc1. The molecule has 0 aliphatic heterocycles. The Kier molecular flexibility index (Phi) is 4.65. The van der Waals surface area contributed by atoms with Crippen LogP contribution in [0.15, 0.2) is 24.3 Å². The standard InChI is InChI=1S/C12H16N2O/c1-2-10(9-15)8-14-12-5-3-11(7-13)4-6-12/h3-6,10,14-15H,2,8-9H2,1H3. The Morgan fingerprint density at radius 1 is 1.40 bits per heavy atom. The van der Waals surface area contributed by atoms with Crippen molar-refractivity contribution in [2.45, 2.75) is 13.3 Å². The van der Waals surface area contributed by atoms with Crippen molar-refractivity contribution < 1.29 is 5.11 Å². The summed E-state index contributed by atoms with van der Waals surface area (Å²) in [5, 5.41) is 20.9. The molecular weight excluding hydrogens is 188 g/mol. The molecule has 1 rings (SSSR count). The zero-order valence-corrected chi connectivity index (χ0v) is 8.90. The van der Waals surface area contributed by atoms with Crippen molar-refractivity contribution in [2.24, 2.45) is 5.92 Å². The molecule has 0 bridgehead atoms. The molecule has 0 saturated carbocycles. The van der Waals surface area contributed by atoms with Gasteiger partial charge < -0.3 is 10.4 Å². The van der Waals surface area contributed by atoms with Crippen LogP contribution in [-0.2, 0) is 0 Å². The number of rotatable bonds is 5. The fraction of sp³-hybridized carbons (Fsp3) is 0.417. The number of hydrogen-bond acceptors (Lipinski definition) is 3. The van der Waals surface area contributed by atoms with Gasteiger partial charge in [0.2, 0.25) is 0 Å². The van der Waals surface area contributed by atoms with Crippen molar-refractivity contribution in [1.82, 2.24) is 0 Å². The highest BCUT2D eigenvalue weighted by Gasteiger charge is 2.03. The molecule has 0 aromatic heterocycles. The first-order valence-electron chi connectivity index (χ1n) is 5.15. The number of aliphatic hydroxyl groups excluding tert-OH is 1. The lowest BCUT2D eigenvalue weighted by Gasteiger charge is -2.13. The van der Waals surface area contributed by atoms with Crippen LogP contribution in [0.5, 0.6) is 0 Å². The molecule has 0 fully saturated rings. The summed E-state index contributed by atoms with van der Waals surface area (Å²) >= 11 is 0. The van der Waals surface area contributed by atoms with Gasteiger partial charge in [-0.05, 0) is 36.6 Å². The van der Waals surface area contributed by atoms with Gasteiger partial charge in [-0.1, -0.05) is 6.92 Å². The van der Waals surface area contributed by atoms with E-state index in [1.165, 1.54) is 0 Å². The molecule has 3 nitrogen and oxygen atoms in total. The zero-order valence-electron chi connectivity index (χ0n) is 8.90. The van der Waals surface area contributed by atoms with E-state index in [-0.39, 0.29) is 6.61 Å². The minimum Gasteiger partial charge on any atom is -0.396 e. The van der Waals surface area contributed by atoms with Crippen molar-refractivity contribution in [3.63, 3.8) is 0 Å². The Hall–Kier alpha value is -1.53. The lowest BCUT2D eigenvalue weighted by Crippen LogP contribution is -2.16. The number of nitrogens with one attached hydrogen (secondary N) is 1. The fourth-order valence-electron chi connectivity index (χ4n) is 1.26. The van der Waals surface area contributed by atoms with Crippen molar-refractivity contribution in [3.8, 4) is 6.07 Å². The van der Waals surface area contributed by atoms with Gasteiger partial charge in [0, 0.05) is 18.8 Å². The molecule has 1 aromatic rings. The molecular formula is C12H16N2O. The van der Waals surface area contributed by atoms with E-state index < -0.39 is 0 Å². The average molecular weight is 204 g/mol. The maximum atomic E-state index is 9.00. The Labute approximate surface area is 90.4 Å². The van der Waals surface area contributed by atoms with E-state index in [4.69, 9.17) is 10.4 Å². The van der Waals surface area contributed by atoms with Gasteiger partial charge in [-0.25, -0.2) is 0 Å².